The van der Waals surface area contributed by atoms with Crippen LogP contribution < -0.4 is 10.7 Å². The van der Waals surface area contributed by atoms with Gasteiger partial charge in [0.25, 0.3) is 5.91 Å². The highest BCUT2D eigenvalue weighted by atomic mass is 35.5. The fourth-order valence-corrected chi connectivity index (χ4v) is 4.34. The lowest BCUT2D eigenvalue weighted by atomic mass is 10.1. The molecule has 0 saturated carbocycles. The molecule has 0 aliphatic carbocycles. The van der Waals surface area contributed by atoms with Crippen LogP contribution in [-0.4, -0.2) is 59.0 Å². The first-order chi connectivity index (χ1) is 14.0. The highest BCUT2D eigenvalue weighted by Crippen LogP contribution is 2.29. The second kappa shape index (κ2) is 8.62. The molecule has 4 rings (SSSR count). The maximum atomic E-state index is 12.5. The van der Waals surface area contributed by atoms with Gasteiger partial charge in [-0.3, -0.25) is 10.2 Å². The Hall–Kier alpha value is -2.26. The molecule has 7 nitrogen and oxygen atoms in total. The van der Waals surface area contributed by atoms with E-state index in [2.05, 4.69) is 38.7 Å². The maximum Gasteiger partial charge on any atom is 0.265 e. The van der Waals surface area contributed by atoms with Gasteiger partial charge in [0.05, 0.1) is 5.39 Å². The SMILES string of the molecule is Cc1cc2c(NCc3ccc(C(=O)NN4CCN(C)CC4)cc3)nc(Cl)nc2s1. The van der Waals surface area contributed by atoms with Crippen molar-refractivity contribution in [3.05, 3.63) is 51.6 Å². The van der Waals surface area contributed by atoms with E-state index in [0.717, 1.165) is 52.7 Å². The lowest BCUT2D eigenvalue weighted by Gasteiger charge is -2.32. The lowest BCUT2D eigenvalue weighted by Crippen LogP contribution is -2.52. The molecule has 152 valence electrons. The molecule has 1 amide bonds. The highest BCUT2D eigenvalue weighted by molar-refractivity contribution is 7.18. The van der Waals surface area contributed by atoms with Crippen molar-refractivity contribution >= 4 is 44.9 Å². The summed E-state index contributed by atoms with van der Waals surface area (Å²) in [5.41, 5.74) is 4.68. The summed E-state index contributed by atoms with van der Waals surface area (Å²) in [6, 6.07) is 9.65. The van der Waals surface area contributed by atoms with Crippen LogP contribution in [0.25, 0.3) is 10.2 Å². The normalized spacial score (nSPS) is 15.6. The van der Waals surface area contributed by atoms with Crippen LogP contribution in [0, 0.1) is 6.92 Å². The second-order valence-corrected chi connectivity index (χ2v) is 8.77. The van der Waals surface area contributed by atoms with Crippen molar-refractivity contribution in [2.75, 3.05) is 38.5 Å². The predicted molar refractivity (Wildman–Crippen MR) is 117 cm³/mol. The van der Waals surface area contributed by atoms with E-state index in [0.29, 0.717) is 12.1 Å². The molecule has 0 atom stereocenters. The summed E-state index contributed by atoms with van der Waals surface area (Å²) in [7, 11) is 2.09. The second-order valence-electron chi connectivity index (χ2n) is 7.20. The van der Waals surface area contributed by atoms with Crippen molar-refractivity contribution in [1.29, 1.82) is 0 Å². The minimum absolute atomic E-state index is 0.0768. The number of hydrazine groups is 1. The van der Waals surface area contributed by atoms with Gasteiger partial charge in [-0.2, -0.15) is 0 Å². The number of nitrogens with one attached hydrogen (secondary N) is 2. The van der Waals surface area contributed by atoms with Crippen molar-refractivity contribution in [3.63, 3.8) is 0 Å². The Kier molecular flexibility index (Phi) is 5.96. The number of anilines is 1. The standard InChI is InChI=1S/C20H23ClN6OS/c1-13-11-16-17(23-20(21)24-19(16)29-13)22-12-14-3-5-15(6-4-14)18(28)25-27-9-7-26(2)8-10-27/h3-6,11H,7-10,12H2,1-2H3,(H,25,28)(H,22,23,24). The quantitative estimate of drug-likeness (QED) is 0.606. The van der Waals surface area contributed by atoms with Gasteiger partial charge in [0, 0.05) is 43.2 Å². The number of hydrogen-bond donors (Lipinski definition) is 2. The summed E-state index contributed by atoms with van der Waals surface area (Å²) >= 11 is 7.65. The topological polar surface area (TPSA) is 73.4 Å². The van der Waals surface area contributed by atoms with Gasteiger partial charge in [-0.25, -0.2) is 15.0 Å². The predicted octanol–water partition coefficient (Wildman–Crippen LogP) is 3.16. The third kappa shape index (κ3) is 4.84. The van der Waals surface area contributed by atoms with Crippen LogP contribution in [0.5, 0.6) is 0 Å². The first kappa shape index (κ1) is 20.0. The van der Waals surface area contributed by atoms with E-state index < -0.39 is 0 Å². The van der Waals surface area contributed by atoms with E-state index in [1.165, 1.54) is 0 Å². The van der Waals surface area contributed by atoms with Crippen molar-refractivity contribution in [3.8, 4) is 0 Å². The maximum absolute atomic E-state index is 12.5. The number of amides is 1. The van der Waals surface area contributed by atoms with Gasteiger partial charge in [-0.1, -0.05) is 12.1 Å². The number of piperazine rings is 1. The molecule has 1 aliphatic rings. The zero-order valence-electron chi connectivity index (χ0n) is 16.4. The van der Waals surface area contributed by atoms with E-state index in [9.17, 15) is 4.79 Å². The van der Waals surface area contributed by atoms with E-state index in [4.69, 9.17) is 11.6 Å². The Morgan fingerprint density at radius 2 is 1.90 bits per heavy atom. The number of likely N-dealkylation sites (N-methyl/N-ethyl adjacent to an activating group) is 1. The van der Waals surface area contributed by atoms with Crippen LogP contribution in [-0.2, 0) is 6.54 Å². The molecule has 3 aromatic rings. The van der Waals surface area contributed by atoms with Gasteiger partial charge in [-0.15, -0.1) is 11.3 Å². The summed E-state index contributed by atoms with van der Waals surface area (Å²) < 4.78 is 0. The molecule has 2 N–H and O–H groups in total. The Morgan fingerprint density at radius 3 is 2.62 bits per heavy atom. The molecule has 2 aromatic heterocycles. The minimum Gasteiger partial charge on any atom is -0.365 e. The molecule has 29 heavy (non-hydrogen) atoms. The van der Waals surface area contributed by atoms with Crippen molar-refractivity contribution in [1.82, 2.24) is 25.3 Å². The van der Waals surface area contributed by atoms with E-state index in [1.807, 2.05) is 36.2 Å². The molecule has 1 fully saturated rings. The number of carbonyl (C=O) groups is 1. The van der Waals surface area contributed by atoms with Crippen LogP contribution in [0.4, 0.5) is 5.82 Å². The van der Waals surface area contributed by atoms with Crippen LogP contribution in [0.15, 0.2) is 30.3 Å². The average molecular weight is 431 g/mol. The van der Waals surface area contributed by atoms with Gasteiger partial charge < -0.3 is 10.2 Å². The Bertz CT molecular complexity index is 1010. The largest absolute Gasteiger partial charge is 0.365 e. The summed E-state index contributed by atoms with van der Waals surface area (Å²) in [5, 5.41) is 6.52. The van der Waals surface area contributed by atoms with Crippen LogP contribution >= 0.6 is 22.9 Å². The van der Waals surface area contributed by atoms with Crippen LogP contribution in [0.3, 0.4) is 0 Å². The Labute approximate surface area is 178 Å². The smallest absolute Gasteiger partial charge is 0.265 e. The minimum atomic E-state index is -0.0768. The molecule has 1 aromatic carbocycles. The molecular weight excluding hydrogens is 408 g/mol. The van der Waals surface area contributed by atoms with Gasteiger partial charge in [0.2, 0.25) is 5.28 Å². The first-order valence-electron chi connectivity index (χ1n) is 9.49. The van der Waals surface area contributed by atoms with E-state index >= 15 is 0 Å². The summed E-state index contributed by atoms with van der Waals surface area (Å²) in [5.74, 6) is 0.647. The highest BCUT2D eigenvalue weighted by Gasteiger charge is 2.16. The number of aromatic nitrogens is 2. The third-order valence-corrected chi connectivity index (χ3v) is 6.04. The summed E-state index contributed by atoms with van der Waals surface area (Å²) in [6.45, 7) is 6.20. The first-order valence-corrected chi connectivity index (χ1v) is 10.7. The monoisotopic (exact) mass is 430 g/mol. The van der Waals surface area contributed by atoms with E-state index in [1.54, 1.807) is 11.3 Å². The number of halogens is 1. The van der Waals surface area contributed by atoms with Crippen LogP contribution in [0.2, 0.25) is 5.28 Å². The molecule has 0 spiro atoms. The average Bonchev–Trinajstić information content (AvgIpc) is 3.08. The fraction of sp³-hybridized carbons (Fsp3) is 0.350. The number of thiophene rings is 1. The number of hydrogen-bond acceptors (Lipinski definition) is 7. The fourth-order valence-electron chi connectivity index (χ4n) is 3.24. The van der Waals surface area contributed by atoms with Crippen molar-refractivity contribution in [2.24, 2.45) is 0 Å². The number of fused-ring (bicyclic) bond motifs is 1. The zero-order chi connectivity index (χ0) is 20.4. The molecule has 0 unspecified atom stereocenters. The third-order valence-electron chi connectivity index (χ3n) is 4.93. The van der Waals surface area contributed by atoms with Gasteiger partial charge in [0.15, 0.2) is 0 Å². The molecule has 3 heterocycles. The Morgan fingerprint density at radius 1 is 1.17 bits per heavy atom. The van der Waals surface area contributed by atoms with Crippen LogP contribution in [0.1, 0.15) is 20.8 Å². The van der Waals surface area contributed by atoms with Crippen molar-refractivity contribution < 1.29 is 4.79 Å². The number of carbonyl (C=O) groups excluding carboxylic acids is 1. The van der Waals surface area contributed by atoms with E-state index in [-0.39, 0.29) is 11.2 Å². The molecule has 0 bridgehead atoms. The van der Waals surface area contributed by atoms with Crippen molar-refractivity contribution in [2.45, 2.75) is 13.5 Å². The molecule has 1 aliphatic heterocycles. The molecule has 9 heteroatoms. The summed E-state index contributed by atoms with van der Waals surface area (Å²) in [4.78, 5) is 25.3. The number of benzene rings is 1. The zero-order valence-corrected chi connectivity index (χ0v) is 18.0. The molecule has 1 saturated heterocycles. The number of aryl methyl sites for hydroxylation is 1. The molecular formula is C20H23ClN6OS. The molecule has 0 radical (unpaired) electrons. The number of nitrogens with zero attached hydrogens (tertiary/aromatic N) is 4. The van der Waals surface area contributed by atoms with Gasteiger partial charge in [0.1, 0.15) is 10.6 Å². The lowest BCUT2D eigenvalue weighted by molar-refractivity contribution is 0.0662. The van der Waals surface area contributed by atoms with Gasteiger partial charge in [-0.05, 0) is 49.3 Å². The number of rotatable bonds is 5. The summed E-state index contributed by atoms with van der Waals surface area (Å²) in [6.07, 6.45) is 0. The Balaban J connectivity index is 1.38. The van der Waals surface area contributed by atoms with Gasteiger partial charge >= 0.3 is 0 Å².